The van der Waals surface area contributed by atoms with Gasteiger partial charge in [-0.25, -0.2) is 4.79 Å². The molecule has 6 heteroatoms. The van der Waals surface area contributed by atoms with E-state index >= 15 is 0 Å². The first-order chi connectivity index (χ1) is 6.70. The van der Waals surface area contributed by atoms with E-state index in [1.807, 2.05) is 5.16 Å². The molecule has 0 aliphatic carbocycles. The molecule has 14 heavy (non-hydrogen) atoms. The standard InChI is InChI=1S/C8H6N2O4/c11-7-5(8(12)13)6(14-10-7)4-1-2-9-3-4/h1-3,9H,(H,10,11)(H,12,13). The van der Waals surface area contributed by atoms with Crippen LogP contribution in [0.2, 0.25) is 0 Å². The number of carboxylic acid groups (broad SMARTS) is 1. The van der Waals surface area contributed by atoms with Gasteiger partial charge in [0.2, 0.25) is 0 Å². The lowest BCUT2D eigenvalue weighted by atomic mass is 10.2. The van der Waals surface area contributed by atoms with Gasteiger partial charge in [-0.2, -0.15) is 5.16 Å². The molecule has 0 aliphatic heterocycles. The first-order valence-electron chi connectivity index (χ1n) is 3.78. The fourth-order valence-electron chi connectivity index (χ4n) is 1.17. The fourth-order valence-corrected chi connectivity index (χ4v) is 1.17. The molecule has 2 heterocycles. The quantitative estimate of drug-likeness (QED) is 0.653. The van der Waals surface area contributed by atoms with E-state index in [9.17, 15) is 9.59 Å². The Labute approximate surface area is 77.1 Å². The Balaban J connectivity index is 2.66. The summed E-state index contributed by atoms with van der Waals surface area (Å²) in [6.07, 6.45) is 3.15. The van der Waals surface area contributed by atoms with Gasteiger partial charge < -0.3 is 14.6 Å². The van der Waals surface area contributed by atoms with Crippen molar-refractivity contribution >= 4 is 5.97 Å². The van der Waals surface area contributed by atoms with Crippen molar-refractivity contribution in [1.29, 1.82) is 0 Å². The second-order valence-electron chi connectivity index (χ2n) is 2.64. The number of nitrogens with one attached hydrogen (secondary N) is 2. The van der Waals surface area contributed by atoms with Crippen LogP contribution in [0.25, 0.3) is 11.3 Å². The molecule has 2 rings (SSSR count). The highest BCUT2D eigenvalue weighted by molar-refractivity contribution is 5.93. The van der Waals surface area contributed by atoms with E-state index < -0.39 is 11.5 Å². The van der Waals surface area contributed by atoms with Crippen LogP contribution in [0.5, 0.6) is 0 Å². The number of hydrogen-bond donors (Lipinski definition) is 3. The Kier molecular flexibility index (Phi) is 1.74. The lowest BCUT2D eigenvalue weighted by Gasteiger charge is -1.90. The molecular weight excluding hydrogens is 188 g/mol. The minimum absolute atomic E-state index is 0.0313. The van der Waals surface area contributed by atoms with Gasteiger partial charge in [0.15, 0.2) is 11.3 Å². The molecule has 2 aromatic rings. The van der Waals surface area contributed by atoms with Crippen molar-refractivity contribution in [3.8, 4) is 11.3 Å². The molecule has 0 aromatic carbocycles. The zero-order valence-corrected chi connectivity index (χ0v) is 6.90. The van der Waals surface area contributed by atoms with Gasteiger partial charge in [-0.3, -0.25) is 4.79 Å². The lowest BCUT2D eigenvalue weighted by molar-refractivity contribution is 0.0696. The van der Waals surface area contributed by atoms with Crippen LogP contribution in [0.1, 0.15) is 10.4 Å². The van der Waals surface area contributed by atoms with E-state index in [1.54, 1.807) is 18.5 Å². The smallest absolute Gasteiger partial charge is 0.345 e. The van der Waals surface area contributed by atoms with E-state index in [0.717, 1.165) is 0 Å². The Hall–Kier alpha value is -2.24. The summed E-state index contributed by atoms with van der Waals surface area (Å²) >= 11 is 0. The number of aromatic nitrogens is 2. The molecule has 0 saturated heterocycles. The van der Waals surface area contributed by atoms with Gasteiger partial charge in [-0.1, -0.05) is 0 Å². The van der Waals surface area contributed by atoms with E-state index in [1.165, 1.54) is 0 Å². The first-order valence-corrected chi connectivity index (χ1v) is 3.78. The fraction of sp³-hybridized carbons (Fsp3) is 0. The maximum atomic E-state index is 11.0. The van der Waals surface area contributed by atoms with Crippen molar-refractivity contribution in [3.63, 3.8) is 0 Å². The van der Waals surface area contributed by atoms with Crippen LogP contribution < -0.4 is 5.56 Å². The summed E-state index contributed by atoms with van der Waals surface area (Å²) in [5, 5.41) is 10.7. The van der Waals surface area contributed by atoms with Gasteiger partial charge in [0, 0.05) is 18.0 Å². The van der Waals surface area contributed by atoms with E-state index in [2.05, 4.69) is 4.98 Å². The lowest BCUT2D eigenvalue weighted by Crippen LogP contribution is -2.11. The maximum Gasteiger partial charge on any atom is 0.345 e. The highest BCUT2D eigenvalue weighted by atomic mass is 16.5. The summed E-state index contributed by atoms with van der Waals surface area (Å²) < 4.78 is 4.76. The SMILES string of the molecule is O=C(O)c1c(-c2cc[nH]c2)o[nH]c1=O. The van der Waals surface area contributed by atoms with Gasteiger partial charge in [0.05, 0.1) is 0 Å². The Morgan fingerprint density at radius 3 is 2.86 bits per heavy atom. The van der Waals surface area contributed by atoms with Gasteiger partial charge in [0.1, 0.15) is 0 Å². The summed E-state index contributed by atoms with van der Waals surface area (Å²) in [6, 6.07) is 1.61. The summed E-state index contributed by atoms with van der Waals surface area (Å²) in [5.41, 5.74) is -0.612. The van der Waals surface area contributed by atoms with Crippen LogP contribution in [-0.4, -0.2) is 21.2 Å². The summed E-state index contributed by atoms with van der Waals surface area (Å²) in [7, 11) is 0. The maximum absolute atomic E-state index is 11.0. The van der Waals surface area contributed by atoms with Crippen LogP contribution in [0, 0.1) is 0 Å². The van der Waals surface area contributed by atoms with E-state index in [-0.39, 0.29) is 11.3 Å². The third kappa shape index (κ3) is 1.13. The van der Waals surface area contributed by atoms with Crippen molar-refractivity contribution in [2.24, 2.45) is 0 Å². The summed E-state index contributed by atoms with van der Waals surface area (Å²) in [4.78, 5) is 24.5. The van der Waals surface area contributed by atoms with Crippen LogP contribution in [0.4, 0.5) is 0 Å². The summed E-state index contributed by atoms with van der Waals surface area (Å²) in [5.74, 6) is -1.28. The molecule has 0 amide bonds. The van der Waals surface area contributed by atoms with Gasteiger partial charge in [0.25, 0.3) is 5.56 Å². The average molecular weight is 194 g/mol. The molecule has 0 bridgehead atoms. The molecule has 3 N–H and O–H groups in total. The number of H-pyrrole nitrogens is 2. The van der Waals surface area contributed by atoms with Crippen LogP contribution >= 0.6 is 0 Å². The number of carbonyl (C=O) groups is 1. The minimum Gasteiger partial charge on any atom is -0.477 e. The third-order valence-corrected chi connectivity index (χ3v) is 1.77. The topological polar surface area (TPSA) is 99.1 Å². The highest BCUT2D eigenvalue weighted by Crippen LogP contribution is 2.20. The molecule has 2 aromatic heterocycles. The normalized spacial score (nSPS) is 10.3. The number of aromatic amines is 2. The molecule has 6 nitrogen and oxygen atoms in total. The second-order valence-corrected chi connectivity index (χ2v) is 2.64. The Morgan fingerprint density at radius 1 is 1.50 bits per heavy atom. The predicted octanol–water partition coefficient (Wildman–Crippen LogP) is 0.661. The number of aromatic carboxylic acids is 1. The van der Waals surface area contributed by atoms with E-state index in [0.29, 0.717) is 5.56 Å². The largest absolute Gasteiger partial charge is 0.477 e. The molecular formula is C8H6N2O4. The third-order valence-electron chi connectivity index (χ3n) is 1.77. The Bertz CT molecular complexity index is 506. The van der Waals surface area contributed by atoms with Crippen LogP contribution in [-0.2, 0) is 0 Å². The van der Waals surface area contributed by atoms with Crippen LogP contribution in [0.15, 0.2) is 27.8 Å². The molecule has 0 radical (unpaired) electrons. The van der Waals surface area contributed by atoms with Crippen molar-refractivity contribution in [2.75, 3.05) is 0 Å². The van der Waals surface area contributed by atoms with Gasteiger partial charge >= 0.3 is 5.97 Å². The molecule has 0 aliphatic rings. The minimum atomic E-state index is -1.31. The second kappa shape index (κ2) is 2.91. The molecule has 72 valence electrons. The molecule has 0 fully saturated rings. The van der Waals surface area contributed by atoms with Crippen molar-refractivity contribution in [2.45, 2.75) is 0 Å². The van der Waals surface area contributed by atoms with Crippen molar-refractivity contribution < 1.29 is 14.4 Å². The zero-order valence-electron chi connectivity index (χ0n) is 6.90. The average Bonchev–Trinajstić information content (AvgIpc) is 2.70. The van der Waals surface area contributed by atoms with Crippen LogP contribution in [0.3, 0.4) is 0 Å². The van der Waals surface area contributed by atoms with Gasteiger partial charge in [-0.15, -0.1) is 0 Å². The Morgan fingerprint density at radius 2 is 2.29 bits per heavy atom. The monoisotopic (exact) mass is 194 g/mol. The molecule has 0 spiro atoms. The van der Waals surface area contributed by atoms with E-state index in [4.69, 9.17) is 9.63 Å². The highest BCUT2D eigenvalue weighted by Gasteiger charge is 2.20. The van der Waals surface area contributed by atoms with Crippen molar-refractivity contribution in [1.82, 2.24) is 10.1 Å². The number of hydrogen-bond acceptors (Lipinski definition) is 3. The molecule has 0 atom stereocenters. The zero-order chi connectivity index (χ0) is 10.1. The number of rotatable bonds is 2. The molecule has 0 unspecified atom stereocenters. The van der Waals surface area contributed by atoms with Crippen molar-refractivity contribution in [3.05, 3.63) is 34.4 Å². The number of carboxylic acids is 1. The first kappa shape index (κ1) is 8.36. The predicted molar refractivity (Wildman–Crippen MR) is 46.1 cm³/mol. The summed E-state index contributed by atoms with van der Waals surface area (Å²) in [6.45, 7) is 0. The van der Waals surface area contributed by atoms with Gasteiger partial charge in [-0.05, 0) is 6.07 Å². The molecule has 0 saturated carbocycles.